The molecule has 1 aliphatic heterocycles. The maximum absolute atomic E-state index is 13.6. The summed E-state index contributed by atoms with van der Waals surface area (Å²) < 4.78 is 51.2. The molecule has 0 spiro atoms. The Hall–Kier alpha value is -1.99. The molecule has 0 amide bonds. The molecule has 3 atom stereocenters. The molecule has 5 rings (SSSR count). The highest BCUT2D eigenvalue weighted by molar-refractivity contribution is 7.90. The standard InChI is InChI=1S/C24H28F2N2O2S/c1-31(29,30)20-9-5-8-19(14-20)27-10-11-28(23(16-27)18-6-3-2-4-7-18)15-17-12-21-22(13-17)24(21,25)26/h2-9,14,17,21-23H,10-13,15-16H2,1H3/t21-,22-,23+/m1/s1. The first-order chi connectivity index (χ1) is 14.7. The van der Waals surface area contributed by atoms with E-state index in [1.54, 1.807) is 18.2 Å². The normalized spacial score (nSPS) is 28.5. The van der Waals surface area contributed by atoms with Crippen LogP contribution in [0.15, 0.2) is 59.5 Å². The Bertz CT molecular complexity index is 1050. The SMILES string of the molecule is CS(=O)(=O)c1cccc(N2CCN(CC3C[C@@H]4[C@@H](C3)C4(F)F)[C@H](c3ccccc3)C2)c1. The summed E-state index contributed by atoms with van der Waals surface area (Å²) in [5, 5.41) is 0. The van der Waals surface area contributed by atoms with Gasteiger partial charge >= 0.3 is 0 Å². The van der Waals surface area contributed by atoms with Gasteiger partial charge in [-0.25, -0.2) is 17.2 Å². The van der Waals surface area contributed by atoms with Crippen molar-refractivity contribution in [2.75, 3.05) is 37.3 Å². The van der Waals surface area contributed by atoms with Gasteiger partial charge in [-0.15, -0.1) is 0 Å². The number of halogens is 2. The predicted molar refractivity (Wildman–Crippen MR) is 117 cm³/mol. The topological polar surface area (TPSA) is 40.6 Å². The number of piperazine rings is 1. The Morgan fingerprint density at radius 3 is 2.39 bits per heavy atom. The van der Waals surface area contributed by atoms with Gasteiger partial charge in [-0.2, -0.15) is 0 Å². The predicted octanol–water partition coefficient (Wildman–Crippen LogP) is 4.24. The van der Waals surface area contributed by atoms with E-state index in [0.717, 1.165) is 31.9 Å². The molecule has 3 aliphatic rings. The molecule has 0 radical (unpaired) electrons. The Balaban J connectivity index is 1.35. The number of anilines is 1. The largest absolute Gasteiger partial charge is 0.368 e. The van der Waals surface area contributed by atoms with Crippen molar-refractivity contribution >= 4 is 15.5 Å². The van der Waals surface area contributed by atoms with E-state index in [9.17, 15) is 17.2 Å². The summed E-state index contributed by atoms with van der Waals surface area (Å²) >= 11 is 0. The summed E-state index contributed by atoms with van der Waals surface area (Å²) in [4.78, 5) is 5.01. The molecule has 2 aromatic rings. The molecule has 0 unspecified atom stereocenters. The fraction of sp³-hybridized carbons (Fsp3) is 0.500. The lowest BCUT2D eigenvalue weighted by Crippen LogP contribution is -2.49. The molecule has 2 aliphatic carbocycles. The van der Waals surface area contributed by atoms with E-state index in [0.29, 0.717) is 23.7 Å². The summed E-state index contributed by atoms with van der Waals surface area (Å²) in [5.41, 5.74) is 2.12. The van der Waals surface area contributed by atoms with Crippen LogP contribution in [-0.2, 0) is 9.84 Å². The highest BCUT2D eigenvalue weighted by Gasteiger charge is 2.71. The number of sulfone groups is 1. The van der Waals surface area contributed by atoms with Crippen molar-refractivity contribution in [2.24, 2.45) is 17.8 Å². The summed E-state index contributed by atoms with van der Waals surface area (Å²) in [6.07, 6.45) is 2.50. The molecule has 2 saturated carbocycles. The van der Waals surface area contributed by atoms with Crippen molar-refractivity contribution in [3.8, 4) is 0 Å². The van der Waals surface area contributed by atoms with Crippen LogP contribution in [0.1, 0.15) is 24.4 Å². The van der Waals surface area contributed by atoms with Gasteiger partial charge in [0, 0.05) is 50.0 Å². The molecule has 1 heterocycles. The fourth-order valence-corrected chi connectivity index (χ4v) is 6.23. The Morgan fingerprint density at radius 2 is 1.71 bits per heavy atom. The van der Waals surface area contributed by atoms with Gasteiger partial charge in [-0.05, 0) is 42.5 Å². The molecule has 31 heavy (non-hydrogen) atoms. The Kier molecular flexibility index (Phi) is 5.09. The lowest BCUT2D eigenvalue weighted by molar-refractivity contribution is 0.0546. The van der Waals surface area contributed by atoms with Gasteiger partial charge in [-0.1, -0.05) is 36.4 Å². The third-order valence-corrected chi connectivity index (χ3v) is 8.43. The summed E-state index contributed by atoms with van der Waals surface area (Å²) in [6, 6.07) is 17.6. The first-order valence-electron chi connectivity index (χ1n) is 11.0. The van der Waals surface area contributed by atoms with Gasteiger partial charge in [0.25, 0.3) is 5.92 Å². The molecular formula is C24H28F2N2O2S. The number of hydrogen-bond acceptors (Lipinski definition) is 4. The molecule has 2 aromatic carbocycles. The lowest BCUT2D eigenvalue weighted by Gasteiger charge is -2.44. The summed E-state index contributed by atoms with van der Waals surface area (Å²) in [7, 11) is -3.27. The average Bonchev–Trinajstić information content (AvgIpc) is 3.06. The first kappa shape index (κ1) is 20.9. The second-order valence-electron chi connectivity index (χ2n) is 9.36. The second-order valence-corrected chi connectivity index (χ2v) is 11.4. The fourth-order valence-electron chi connectivity index (χ4n) is 5.57. The van der Waals surface area contributed by atoms with Crippen LogP contribution in [0.25, 0.3) is 0 Å². The van der Waals surface area contributed by atoms with E-state index < -0.39 is 27.6 Å². The van der Waals surface area contributed by atoms with E-state index in [1.807, 2.05) is 24.3 Å². The van der Waals surface area contributed by atoms with Gasteiger partial charge < -0.3 is 4.90 Å². The minimum absolute atomic E-state index is 0.147. The van der Waals surface area contributed by atoms with Gasteiger partial charge in [0.05, 0.1) is 10.9 Å². The van der Waals surface area contributed by atoms with Crippen LogP contribution in [0.5, 0.6) is 0 Å². The highest BCUT2D eigenvalue weighted by atomic mass is 32.2. The minimum Gasteiger partial charge on any atom is -0.368 e. The van der Waals surface area contributed by atoms with Crippen molar-refractivity contribution in [2.45, 2.75) is 29.7 Å². The third-order valence-electron chi connectivity index (χ3n) is 7.32. The summed E-state index contributed by atoms with van der Waals surface area (Å²) in [5.74, 6) is -2.88. The van der Waals surface area contributed by atoms with Crippen LogP contribution in [0.3, 0.4) is 0 Å². The molecule has 7 heteroatoms. The van der Waals surface area contributed by atoms with Crippen LogP contribution < -0.4 is 4.90 Å². The molecule has 166 valence electrons. The van der Waals surface area contributed by atoms with Crippen LogP contribution in [0.4, 0.5) is 14.5 Å². The van der Waals surface area contributed by atoms with Crippen LogP contribution in [0.2, 0.25) is 0 Å². The maximum Gasteiger partial charge on any atom is 0.254 e. The molecule has 3 fully saturated rings. The molecule has 4 nitrogen and oxygen atoms in total. The average molecular weight is 447 g/mol. The number of fused-ring (bicyclic) bond motifs is 1. The van der Waals surface area contributed by atoms with E-state index in [-0.39, 0.29) is 6.04 Å². The zero-order valence-corrected chi connectivity index (χ0v) is 18.4. The van der Waals surface area contributed by atoms with Crippen molar-refractivity contribution in [1.29, 1.82) is 0 Å². The Labute approximate surface area is 182 Å². The Morgan fingerprint density at radius 1 is 1.00 bits per heavy atom. The number of nitrogens with zero attached hydrogens (tertiary/aromatic N) is 2. The number of hydrogen-bond donors (Lipinski definition) is 0. The zero-order chi connectivity index (χ0) is 21.8. The lowest BCUT2D eigenvalue weighted by atomic mass is 9.97. The monoisotopic (exact) mass is 446 g/mol. The molecule has 1 saturated heterocycles. The highest BCUT2D eigenvalue weighted by Crippen LogP contribution is 2.65. The van der Waals surface area contributed by atoms with Crippen molar-refractivity contribution in [3.05, 3.63) is 60.2 Å². The van der Waals surface area contributed by atoms with Gasteiger partial charge in [0.15, 0.2) is 9.84 Å². The molecule has 0 aromatic heterocycles. The van der Waals surface area contributed by atoms with E-state index in [2.05, 4.69) is 21.9 Å². The van der Waals surface area contributed by atoms with Gasteiger partial charge in [-0.3, -0.25) is 4.90 Å². The van der Waals surface area contributed by atoms with Crippen molar-refractivity contribution < 1.29 is 17.2 Å². The minimum atomic E-state index is -3.27. The molecule has 0 bridgehead atoms. The smallest absolute Gasteiger partial charge is 0.254 e. The first-order valence-corrected chi connectivity index (χ1v) is 12.8. The third kappa shape index (κ3) is 3.98. The van der Waals surface area contributed by atoms with Crippen LogP contribution in [-0.4, -0.2) is 51.7 Å². The number of rotatable bonds is 5. The summed E-state index contributed by atoms with van der Waals surface area (Å²) in [6.45, 7) is 3.20. The zero-order valence-electron chi connectivity index (χ0n) is 17.6. The number of alkyl halides is 2. The second kappa shape index (κ2) is 7.55. The van der Waals surface area contributed by atoms with Crippen LogP contribution >= 0.6 is 0 Å². The van der Waals surface area contributed by atoms with Crippen molar-refractivity contribution in [3.63, 3.8) is 0 Å². The van der Waals surface area contributed by atoms with Crippen LogP contribution in [0, 0.1) is 17.8 Å². The maximum atomic E-state index is 13.6. The van der Waals surface area contributed by atoms with Gasteiger partial charge in [0.1, 0.15) is 0 Å². The van der Waals surface area contributed by atoms with Gasteiger partial charge in [0.2, 0.25) is 0 Å². The molecule has 0 N–H and O–H groups in total. The van der Waals surface area contributed by atoms with Crippen molar-refractivity contribution in [1.82, 2.24) is 4.90 Å². The van der Waals surface area contributed by atoms with E-state index in [1.165, 1.54) is 11.8 Å². The van der Waals surface area contributed by atoms with E-state index in [4.69, 9.17) is 0 Å². The quantitative estimate of drug-likeness (QED) is 0.689. The molecular weight excluding hydrogens is 418 g/mol. The van der Waals surface area contributed by atoms with E-state index >= 15 is 0 Å². The number of benzene rings is 2.